The maximum Gasteiger partial charge on any atom is 0.275 e. The molecule has 1 aromatic heterocycles. The first-order valence-corrected chi connectivity index (χ1v) is 8.93. The van der Waals surface area contributed by atoms with E-state index in [4.69, 9.17) is 9.47 Å². The van der Waals surface area contributed by atoms with E-state index in [1.54, 1.807) is 49.6 Å². The zero-order valence-corrected chi connectivity index (χ0v) is 16.1. The lowest BCUT2D eigenvalue weighted by Gasteiger charge is -2.11. The minimum atomic E-state index is -0.609. The van der Waals surface area contributed by atoms with Crippen LogP contribution in [0.4, 0.5) is 0 Å². The number of carbonyl (C=O) groups is 1. The summed E-state index contributed by atoms with van der Waals surface area (Å²) in [5.41, 5.74) is 0.667. The predicted octanol–water partition coefficient (Wildman–Crippen LogP) is 2.06. The van der Waals surface area contributed by atoms with Crippen LogP contribution in [0.15, 0.2) is 59.4 Å². The van der Waals surface area contributed by atoms with Gasteiger partial charge in [-0.3, -0.25) is 9.59 Å². The minimum Gasteiger partial charge on any atom is -0.505 e. The molecule has 29 heavy (non-hydrogen) atoms. The van der Waals surface area contributed by atoms with E-state index in [0.717, 1.165) is 22.1 Å². The second kappa shape index (κ2) is 8.92. The standard InChI is InChI=1S/C21H21N3O5/c1-14-4-3-5-15(12-14)24-19(26)13-18(25)20(23-24)21(27)22-10-11-29-17-8-6-16(28-2)7-9-17/h3-9,12-13,25H,10-11H2,1-2H3,(H,22,27). The van der Waals surface area contributed by atoms with Gasteiger partial charge >= 0.3 is 0 Å². The Morgan fingerprint density at radius 3 is 2.55 bits per heavy atom. The van der Waals surface area contributed by atoms with Crippen molar-refractivity contribution in [2.45, 2.75) is 6.92 Å². The highest BCUT2D eigenvalue weighted by molar-refractivity contribution is 5.94. The van der Waals surface area contributed by atoms with Crippen LogP contribution < -0.4 is 20.3 Å². The first-order chi connectivity index (χ1) is 14.0. The van der Waals surface area contributed by atoms with Gasteiger partial charge in [0, 0.05) is 6.07 Å². The Balaban J connectivity index is 1.65. The van der Waals surface area contributed by atoms with Gasteiger partial charge in [-0.05, 0) is 48.9 Å². The first kappa shape index (κ1) is 19.9. The van der Waals surface area contributed by atoms with Crippen molar-refractivity contribution in [2.75, 3.05) is 20.3 Å². The monoisotopic (exact) mass is 395 g/mol. The number of hydrogen-bond donors (Lipinski definition) is 2. The third kappa shape index (κ3) is 4.92. The molecular weight excluding hydrogens is 374 g/mol. The molecule has 0 radical (unpaired) electrons. The van der Waals surface area contributed by atoms with Crippen molar-refractivity contribution < 1.29 is 19.4 Å². The van der Waals surface area contributed by atoms with Crippen molar-refractivity contribution in [3.05, 3.63) is 76.2 Å². The Labute approximate surface area is 167 Å². The second-order valence-electron chi connectivity index (χ2n) is 6.25. The number of aryl methyl sites for hydroxylation is 1. The van der Waals surface area contributed by atoms with Crippen molar-refractivity contribution in [3.63, 3.8) is 0 Å². The topological polar surface area (TPSA) is 103 Å². The van der Waals surface area contributed by atoms with Crippen molar-refractivity contribution >= 4 is 5.91 Å². The number of aromatic nitrogens is 2. The summed E-state index contributed by atoms with van der Waals surface area (Å²) in [6.45, 7) is 2.29. The maximum absolute atomic E-state index is 12.4. The molecule has 8 heteroatoms. The Morgan fingerprint density at radius 2 is 1.86 bits per heavy atom. The molecule has 0 atom stereocenters. The van der Waals surface area contributed by atoms with Crippen molar-refractivity contribution in [2.24, 2.45) is 0 Å². The summed E-state index contributed by atoms with van der Waals surface area (Å²) >= 11 is 0. The SMILES string of the molecule is COc1ccc(OCCNC(=O)c2nn(-c3cccc(C)c3)c(=O)cc2O)cc1. The summed E-state index contributed by atoms with van der Waals surface area (Å²) < 4.78 is 11.7. The quantitative estimate of drug-likeness (QED) is 0.594. The molecule has 0 aliphatic rings. The number of benzene rings is 2. The van der Waals surface area contributed by atoms with Crippen LogP contribution in [0.2, 0.25) is 0 Å². The van der Waals surface area contributed by atoms with E-state index in [1.165, 1.54) is 0 Å². The number of ether oxygens (including phenoxy) is 2. The highest BCUT2D eigenvalue weighted by atomic mass is 16.5. The van der Waals surface area contributed by atoms with E-state index < -0.39 is 17.2 Å². The van der Waals surface area contributed by atoms with Gasteiger partial charge in [0.1, 0.15) is 18.1 Å². The Bertz CT molecular complexity index is 1060. The van der Waals surface area contributed by atoms with Gasteiger partial charge in [-0.15, -0.1) is 0 Å². The summed E-state index contributed by atoms with van der Waals surface area (Å²) in [6.07, 6.45) is 0. The van der Waals surface area contributed by atoms with E-state index in [1.807, 2.05) is 13.0 Å². The van der Waals surface area contributed by atoms with Crippen LogP contribution in [-0.2, 0) is 0 Å². The molecule has 0 bridgehead atoms. The van der Waals surface area contributed by atoms with E-state index in [2.05, 4.69) is 10.4 Å². The van der Waals surface area contributed by atoms with Gasteiger partial charge in [-0.1, -0.05) is 12.1 Å². The number of aromatic hydroxyl groups is 1. The molecule has 0 spiro atoms. The Morgan fingerprint density at radius 1 is 1.14 bits per heavy atom. The van der Waals surface area contributed by atoms with E-state index >= 15 is 0 Å². The molecular formula is C21H21N3O5. The molecule has 3 aromatic rings. The van der Waals surface area contributed by atoms with Crippen LogP contribution in [0.25, 0.3) is 5.69 Å². The summed E-state index contributed by atoms with van der Waals surface area (Å²) in [5, 5.41) is 16.6. The number of methoxy groups -OCH3 is 1. The molecule has 0 fully saturated rings. The molecule has 1 heterocycles. The van der Waals surface area contributed by atoms with Gasteiger partial charge < -0.3 is 19.9 Å². The lowest BCUT2D eigenvalue weighted by atomic mass is 10.2. The fraction of sp³-hybridized carbons (Fsp3) is 0.190. The maximum atomic E-state index is 12.4. The Hall–Kier alpha value is -3.81. The number of nitrogens with one attached hydrogen (secondary N) is 1. The van der Waals surface area contributed by atoms with Crippen LogP contribution in [0.1, 0.15) is 16.1 Å². The van der Waals surface area contributed by atoms with Crippen LogP contribution in [0.3, 0.4) is 0 Å². The number of amides is 1. The lowest BCUT2D eigenvalue weighted by molar-refractivity contribution is 0.0937. The molecule has 1 amide bonds. The summed E-state index contributed by atoms with van der Waals surface area (Å²) in [7, 11) is 1.58. The van der Waals surface area contributed by atoms with E-state index in [0.29, 0.717) is 11.4 Å². The summed E-state index contributed by atoms with van der Waals surface area (Å²) in [5.74, 6) is 0.264. The summed E-state index contributed by atoms with van der Waals surface area (Å²) in [4.78, 5) is 24.6. The Kier molecular flexibility index (Phi) is 6.13. The van der Waals surface area contributed by atoms with Gasteiger partial charge in [-0.2, -0.15) is 9.78 Å². The molecule has 0 aliphatic heterocycles. The average molecular weight is 395 g/mol. The lowest BCUT2D eigenvalue weighted by Crippen LogP contribution is -2.31. The van der Waals surface area contributed by atoms with Gasteiger partial charge in [-0.25, -0.2) is 0 Å². The highest BCUT2D eigenvalue weighted by Crippen LogP contribution is 2.17. The second-order valence-corrected chi connectivity index (χ2v) is 6.25. The highest BCUT2D eigenvalue weighted by Gasteiger charge is 2.16. The number of carbonyl (C=O) groups excluding carboxylic acids is 1. The molecule has 0 unspecified atom stereocenters. The molecule has 150 valence electrons. The van der Waals surface area contributed by atoms with Crippen LogP contribution in [0, 0.1) is 6.92 Å². The number of rotatable bonds is 7. The van der Waals surface area contributed by atoms with Crippen LogP contribution >= 0.6 is 0 Å². The van der Waals surface area contributed by atoms with Crippen molar-refractivity contribution in [1.82, 2.24) is 15.1 Å². The predicted molar refractivity (Wildman–Crippen MR) is 107 cm³/mol. The van der Waals surface area contributed by atoms with Crippen LogP contribution in [0.5, 0.6) is 17.2 Å². The first-order valence-electron chi connectivity index (χ1n) is 8.93. The molecule has 0 aliphatic carbocycles. The summed E-state index contributed by atoms with van der Waals surface area (Å²) in [6, 6.07) is 15.1. The molecule has 0 saturated carbocycles. The van der Waals surface area contributed by atoms with Crippen molar-refractivity contribution in [1.29, 1.82) is 0 Å². The van der Waals surface area contributed by atoms with Gasteiger partial charge in [0.25, 0.3) is 11.5 Å². The third-order valence-corrected chi connectivity index (χ3v) is 4.09. The van der Waals surface area contributed by atoms with Gasteiger partial charge in [0.2, 0.25) is 0 Å². The number of hydrogen-bond acceptors (Lipinski definition) is 6. The van der Waals surface area contributed by atoms with Gasteiger partial charge in [0.15, 0.2) is 11.4 Å². The molecule has 0 saturated heterocycles. The van der Waals surface area contributed by atoms with Crippen LogP contribution in [-0.4, -0.2) is 41.1 Å². The minimum absolute atomic E-state index is 0.190. The smallest absolute Gasteiger partial charge is 0.275 e. The average Bonchev–Trinajstić information content (AvgIpc) is 2.71. The fourth-order valence-corrected chi connectivity index (χ4v) is 2.64. The molecule has 3 rings (SSSR count). The number of nitrogens with zero attached hydrogens (tertiary/aromatic N) is 2. The van der Waals surface area contributed by atoms with E-state index in [-0.39, 0.29) is 18.8 Å². The fourth-order valence-electron chi connectivity index (χ4n) is 2.64. The zero-order chi connectivity index (χ0) is 20.8. The zero-order valence-electron chi connectivity index (χ0n) is 16.1. The van der Waals surface area contributed by atoms with Crippen molar-refractivity contribution in [3.8, 4) is 22.9 Å². The molecule has 8 nitrogen and oxygen atoms in total. The largest absolute Gasteiger partial charge is 0.505 e. The van der Waals surface area contributed by atoms with E-state index in [9.17, 15) is 14.7 Å². The molecule has 2 aromatic carbocycles. The van der Waals surface area contributed by atoms with Gasteiger partial charge in [0.05, 0.1) is 19.3 Å². The molecule has 2 N–H and O–H groups in total. The normalized spacial score (nSPS) is 10.4. The third-order valence-electron chi connectivity index (χ3n) is 4.09.